The summed E-state index contributed by atoms with van der Waals surface area (Å²) in [6.45, 7) is 4.24. The predicted molar refractivity (Wildman–Crippen MR) is 131 cm³/mol. The minimum absolute atomic E-state index is 0.103. The van der Waals surface area contributed by atoms with Gasteiger partial charge in [0, 0.05) is 25.3 Å². The Labute approximate surface area is 205 Å². The Hall–Kier alpha value is -3.46. The molecule has 1 saturated heterocycles. The summed E-state index contributed by atoms with van der Waals surface area (Å²) >= 11 is 0. The third-order valence-corrected chi connectivity index (χ3v) is 6.64. The number of ether oxygens (including phenoxy) is 1. The maximum Gasteiger partial charge on any atom is 0.411 e. The molecule has 3 rings (SSSR count). The highest BCUT2D eigenvalue weighted by atomic mass is 19.1. The first kappa shape index (κ1) is 26.2. The molecule has 8 nitrogen and oxygen atoms in total. The molecule has 1 aliphatic rings. The minimum atomic E-state index is -1.02. The lowest BCUT2D eigenvalue weighted by molar-refractivity contribution is -0.142. The largest absolute Gasteiger partial charge is 0.448 e. The molecule has 188 valence electrons. The molecule has 0 unspecified atom stereocenters. The summed E-state index contributed by atoms with van der Waals surface area (Å²) in [5.41, 5.74) is 7.33. The normalized spacial score (nSPS) is 14.8. The number of anilines is 1. The number of carbonyl (C=O) groups excluding carboxylic acids is 3. The van der Waals surface area contributed by atoms with Crippen molar-refractivity contribution in [1.29, 1.82) is 0 Å². The van der Waals surface area contributed by atoms with Crippen LogP contribution in [0.1, 0.15) is 36.5 Å². The second-order valence-corrected chi connectivity index (χ2v) is 8.82. The van der Waals surface area contributed by atoms with Crippen LogP contribution in [0.4, 0.5) is 14.9 Å². The Morgan fingerprint density at radius 3 is 2.43 bits per heavy atom. The van der Waals surface area contributed by atoms with Gasteiger partial charge in [-0.1, -0.05) is 31.2 Å². The van der Waals surface area contributed by atoms with E-state index in [1.165, 1.54) is 6.07 Å². The van der Waals surface area contributed by atoms with E-state index in [0.29, 0.717) is 42.7 Å². The van der Waals surface area contributed by atoms with E-state index < -0.39 is 11.5 Å². The van der Waals surface area contributed by atoms with Crippen LogP contribution in [0.5, 0.6) is 0 Å². The molecule has 0 aromatic heterocycles. The zero-order chi connectivity index (χ0) is 25.4. The van der Waals surface area contributed by atoms with Gasteiger partial charge in [-0.2, -0.15) is 0 Å². The van der Waals surface area contributed by atoms with E-state index >= 15 is 0 Å². The molecule has 0 saturated carbocycles. The minimum Gasteiger partial charge on any atom is -0.448 e. The molecule has 0 spiro atoms. The van der Waals surface area contributed by atoms with E-state index in [4.69, 9.17) is 10.5 Å². The van der Waals surface area contributed by atoms with Crippen molar-refractivity contribution in [3.8, 4) is 0 Å². The number of nitrogens with one attached hydrogen (secondary N) is 2. The van der Waals surface area contributed by atoms with E-state index in [9.17, 15) is 18.8 Å². The maximum atomic E-state index is 13.9. The highest BCUT2D eigenvalue weighted by Gasteiger charge is 2.43. The van der Waals surface area contributed by atoms with Gasteiger partial charge in [0.25, 0.3) is 0 Å². The third kappa shape index (κ3) is 6.57. The summed E-state index contributed by atoms with van der Waals surface area (Å²) in [6, 6.07) is 12.1. The number of aryl methyl sites for hydroxylation is 1. The van der Waals surface area contributed by atoms with Crippen LogP contribution in [0, 0.1) is 18.2 Å². The van der Waals surface area contributed by atoms with Gasteiger partial charge >= 0.3 is 6.09 Å². The molecule has 2 aromatic carbocycles. The van der Waals surface area contributed by atoms with Gasteiger partial charge in [0.1, 0.15) is 12.4 Å². The Kier molecular flexibility index (Phi) is 8.81. The molecule has 0 bridgehead atoms. The molecule has 35 heavy (non-hydrogen) atoms. The summed E-state index contributed by atoms with van der Waals surface area (Å²) in [6.07, 6.45) is 0.847. The van der Waals surface area contributed by atoms with Crippen molar-refractivity contribution >= 4 is 23.6 Å². The van der Waals surface area contributed by atoms with Gasteiger partial charge in [0.05, 0.1) is 12.0 Å². The highest BCUT2D eigenvalue weighted by Crippen LogP contribution is 2.33. The van der Waals surface area contributed by atoms with E-state index in [0.717, 1.165) is 12.0 Å². The number of halogens is 1. The molecule has 0 radical (unpaired) electrons. The van der Waals surface area contributed by atoms with Crippen LogP contribution >= 0.6 is 0 Å². The van der Waals surface area contributed by atoms with Gasteiger partial charge < -0.3 is 20.7 Å². The van der Waals surface area contributed by atoms with Crippen LogP contribution in [0.15, 0.2) is 42.5 Å². The lowest BCUT2D eigenvalue weighted by atomic mass is 9.78. The number of amides is 3. The fourth-order valence-electron chi connectivity index (χ4n) is 4.14. The van der Waals surface area contributed by atoms with Crippen molar-refractivity contribution < 1.29 is 23.5 Å². The molecular formula is C26H33FN4O4. The molecule has 2 aromatic rings. The maximum absolute atomic E-state index is 13.9. The van der Waals surface area contributed by atoms with E-state index in [2.05, 4.69) is 10.6 Å². The monoisotopic (exact) mass is 484 g/mol. The van der Waals surface area contributed by atoms with E-state index in [1.807, 2.05) is 19.1 Å². The highest BCUT2D eigenvalue weighted by molar-refractivity contribution is 5.86. The average molecular weight is 485 g/mol. The number of nitrogens with two attached hydrogens (primary N) is 1. The topological polar surface area (TPSA) is 114 Å². The van der Waals surface area contributed by atoms with Gasteiger partial charge in [-0.05, 0) is 61.1 Å². The number of nitrogens with zero attached hydrogens (tertiary/aromatic N) is 1. The fraction of sp³-hybridized carbons (Fsp3) is 0.423. The summed E-state index contributed by atoms with van der Waals surface area (Å²) in [5, 5.41) is 5.56. The molecule has 1 fully saturated rings. The van der Waals surface area contributed by atoms with Gasteiger partial charge in [0.15, 0.2) is 0 Å². The molecule has 1 aliphatic heterocycles. The van der Waals surface area contributed by atoms with Crippen molar-refractivity contribution in [2.24, 2.45) is 11.1 Å². The van der Waals surface area contributed by atoms with Gasteiger partial charge in [-0.25, -0.2) is 9.18 Å². The number of benzene rings is 2. The first-order chi connectivity index (χ1) is 16.8. The predicted octanol–water partition coefficient (Wildman–Crippen LogP) is 3.13. The van der Waals surface area contributed by atoms with Crippen molar-refractivity contribution in [1.82, 2.24) is 10.2 Å². The fourth-order valence-corrected chi connectivity index (χ4v) is 4.14. The summed E-state index contributed by atoms with van der Waals surface area (Å²) in [7, 11) is 0. The summed E-state index contributed by atoms with van der Waals surface area (Å²) in [4.78, 5) is 39.4. The standard InChI is InChI=1S/C26H33FN4O4/c1-3-19-7-9-21(10-8-19)30-25(34)35-17-26(11-13-31(14-12-26)23(32)15-28)24(33)29-16-20-5-4-6-22(27)18(20)2/h4-10H,3,11-17,28H2,1-2H3,(H,29,33)(H,30,34). The van der Waals surface area contributed by atoms with Crippen LogP contribution in [-0.4, -0.2) is 49.0 Å². The van der Waals surface area contributed by atoms with Gasteiger partial charge in [-0.3, -0.25) is 14.9 Å². The first-order valence-electron chi connectivity index (χ1n) is 11.8. The quantitative estimate of drug-likeness (QED) is 0.533. The second-order valence-electron chi connectivity index (χ2n) is 8.82. The Morgan fingerprint density at radius 1 is 1.11 bits per heavy atom. The lowest BCUT2D eigenvalue weighted by Gasteiger charge is -2.40. The number of likely N-dealkylation sites (tertiary alicyclic amines) is 1. The third-order valence-electron chi connectivity index (χ3n) is 6.64. The molecule has 0 atom stereocenters. The Bertz CT molecular complexity index is 1050. The molecule has 9 heteroatoms. The summed E-state index contributed by atoms with van der Waals surface area (Å²) in [5.74, 6) is -0.836. The SMILES string of the molecule is CCc1ccc(NC(=O)OCC2(C(=O)NCc3cccc(F)c3C)CCN(C(=O)CN)CC2)cc1. The molecular weight excluding hydrogens is 451 g/mol. The lowest BCUT2D eigenvalue weighted by Crippen LogP contribution is -2.53. The van der Waals surface area contributed by atoms with Crippen LogP contribution in [0.2, 0.25) is 0 Å². The van der Waals surface area contributed by atoms with Crippen molar-refractivity contribution in [2.45, 2.75) is 39.7 Å². The van der Waals surface area contributed by atoms with Crippen molar-refractivity contribution in [3.63, 3.8) is 0 Å². The smallest absolute Gasteiger partial charge is 0.411 e. The Morgan fingerprint density at radius 2 is 1.80 bits per heavy atom. The molecule has 4 N–H and O–H groups in total. The van der Waals surface area contributed by atoms with Gasteiger partial charge in [0.2, 0.25) is 11.8 Å². The first-order valence-corrected chi connectivity index (χ1v) is 11.8. The van der Waals surface area contributed by atoms with Crippen LogP contribution < -0.4 is 16.4 Å². The average Bonchev–Trinajstić information content (AvgIpc) is 2.88. The van der Waals surface area contributed by atoms with E-state index in [-0.39, 0.29) is 37.3 Å². The number of rotatable bonds is 8. The van der Waals surface area contributed by atoms with E-state index in [1.54, 1.807) is 36.1 Å². The number of hydrogen-bond donors (Lipinski definition) is 3. The molecule has 1 heterocycles. The van der Waals surface area contributed by atoms with Crippen LogP contribution in [0.3, 0.4) is 0 Å². The molecule has 0 aliphatic carbocycles. The zero-order valence-corrected chi connectivity index (χ0v) is 20.2. The van der Waals surface area contributed by atoms with Crippen molar-refractivity contribution in [3.05, 3.63) is 65.0 Å². The van der Waals surface area contributed by atoms with Gasteiger partial charge in [-0.15, -0.1) is 0 Å². The zero-order valence-electron chi connectivity index (χ0n) is 20.2. The van der Waals surface area contributed by atoms with Crippen molar-refractivity contribution in [2.75, 3.05) is 31.6 Å². The van der Waals surface area contributed by atoms with Crippen LogP contribution in [-0.2, 0) is 27.3 Å². The number of piperidine rings is 1. The summed E-state index contributed by atoms with van der Waals surface area (Å²) < 4.78 is 19.4. The van der Waals surface area contributed by atoms with Crippen LogP contribution in [0.25, 0.3) is 0 Å². The Balaban J connectivity index is 1.67. The number of carbonyl (C=O) groups is 3. The molecule has 3 amide bonds. The second kappa shape index (κ2) is 11.8. The number of hydrogen-bond acceptors (Lipinski definition) is 5.